The molecule has 0 radical (unpaired) electrons. The molecule has 1 aromatic carbocycles. The minimum atomic E-state index is -0.394. The quantitative estimate of drug-likeness (QED) is 0.513. The van der Waals surface area contributed by atoms with Gasteiger partial charge in [0.15, 0.2) is 6.19 Å². The zero-order valence-corrected chi connectivity index (χ0v) is 8.16. The number of benzene rings is 1. The van der Waals surface area contributed by atoms with Gasteiger partial charge in [-0.25, -0.2) is 0 Å². The third-order valence-corrected chi connectivity index (χ3v) is 2.55. The molecule has 1 aliphatic heterocycles. The van der Waals surface area contributed by atoms with Gasteiger partial charge in [0.2, 0.25) is 0 Å². The van der Waals surface area contributed by atoms with Gasteiger partial charge in [0.1, 0.15) is 6.04 Å². The molecule has 4 heteroatoms. The summed E-state index contributed by atoms with van der Waals surface area (Å²) in [5.74, 6) is -0.287. The third-order valence-electron chi connectivity index (χ3n) is 2.55. The average Bonchev–Trinajstić information content (AvgIpc) is 2.28. The Morgan fingerprint density at radius 1 is 1.53 bits per heavy atom. The number of rotatable bonds is 1. The molecule has 1 heterocycles. The van der Waals surface area contributed by atoms with Gasteiger partial charge < -0.3 is 5.32 Å². The molecule has 1 atom stereocenters. The highest BCUT2D eigenvalue weighted by Crippen LogP contribution is 2.22. The van der Waals surface area contributed by atoms with Crippen LogP contribution in [-0.4, -0.2) is 12.5 Å². The van der Waals surface area contributed by atoms with E-state index in [1.807, 2.05) is 24.3 Å². The molecule has 0 aliphatic carbocycles. The first kappa shape index (κ1) is 9.69. The van der Waals surface area contributed by atoms with Crippen LogP contribution in [0.5, 0.6) is 0 Å². The molecule has 1 amide bonds. The summed E-state index contributed by atoms with van der Waals surface area (Å²) in [4.78, 5) is 11.6. The molecule has 76 valence electrons. The van der Waals surface area contributed by atoms with Gasteiger partial charge in [-0.1, -0.05) is 24.3 Å². The van der Waals surface area contributed by atoms with Crippen LogP contribution < -0.4 is 10.6 Å². The van der Waals surface area contributed by atoms with Crippen LogP contribution in [0.25, 0.3) is 0 Å². The fraction of sp³-hybridized carbons (Fsp3) is 0.273. The molecule has 4 nitrogen and oxygen atoms in total. The maximum atomic E-state index is 11.6. The number of nitriles is 1. The zero-order valence-electron chi connectivity index (χ0n) is 8.16. The molecule has 1 aliphatic rings. The Hall–Kier alpha value is -1.86. The van der Waals surface area contributed by atoms with Gasteiger partial charge in [-0.3, -0.25) is 10.1 Å². The van der Waals surface area contributed by atoms with Crippen molar-refractivity contribution < 1.29 is 4.79 Å². The molecule has 0 aromatic heterocycles. The normalized spacial score (nSPS) is 18.7. The van der Waals surface area contributed by atoms with Crippen molar-refractivity contribution in [1.82, 2.24) is 10.6 Å². The van der Waals surface area contributed by atoms with Crippen molar-refractivity contribution in [2.75, 3.05) is 6.54 Å². The van der Waals surface area contributed by atoms with E-state index in [0.717, 1.165) is 18.5 Å². The lowest BCUT2D eigenvalue weighted by atomic mass is 9.94. The van der Waals surface area contributed by atoms with E-state index in [2.05, 4.69) is 10.6 Å². The van der Waals surface area contributed by atoms with Crippen LogP contribution in [0.4, 0.5) is 0 Å². The third kappa shape index (κ3) is 1.83. The Kier molecular flexibility index (Phi) is 2.66. The molecule has 0 saturated carbocycles. The summed E-state index contributed by atoms with van der Waals surface area (Å²) >= 11 is 0. The molecule has 1 unspecified atom stereocenters. The van der Waals surface area contributed by atoms with Crippen LogP contribution in [-0.2, 0) is 11.2 Å². The van der Waals surface area contributed by atoms with E-state index in [4.69, 9.17) is 5.26 Å². The molecule has 0 saturated heterocycles. The monoisotopic (exact) mass is 201 g/mol. The first-order valence-electron chi connectivity index (χ1n) is 4.83. The van der Waals surface area contributed by atoms with Crippen molar-refractivity contribution >= 4 is 5.91 Å². The number of amides is 1. The number of nitrogens with zero attached hydrogens (tertiary/aromatic N) is 1. The summed E-state index contributed by atoms with van der Waals surface area (Å²) in [7, 11) is 0. The van der Waals surface area contributed by atoms with E-state index in [1.165, 1.54) is 5.56 Å². The second kappa shape index (κ2) is 4.11. The summed E-state index contributed by atoms with van der Waals surface area (Å²) in [6.45, 7) is 0.764. The Morgan fingerprint density at radius 2 is 2.33 bits per heavy atom. The highest BCUT2D eigenvalue weighted by atomic mass is 16.2. The summed E-state index contributed by atoms with van der Waals surface area (Å²) in [6, 6.07) is 7.41. The van der Waals surface area contributed by atoms with Gasteiger partial charge >= 0.3 is 0 Å². The Morgan fingerprint density at radius 3 is 3.13 bits per heavy atom. The Balaban J connectivity index is 2.30. The second-order valence-corrected chi connectivity index (χ2v) is 3.44. The minimum Gasteiger partial charge on any atom is -0.302 e. The SMILES string of the molecule is N#CNC(=O)C1NCCc2ccccc21. The van der Waals surface area contributed by atoms with Gasteiger partial charge in [0, 0.05) is 6.54 Å². The Bertz CT molecular complexity index is 422. The summed E-state index contributed by atoms with van der Waals surface area (Å²) in [5, 5.41) is 13.7. The lowest BCUT2D eigenvalue weighted by Gasteiger charge is -2.24. The summed E-state index contributed by atoms with van der Waals surface area (Å²) in [5.41, 5.74) is 2.14. The maximum Gasteiger partial charge on any atom is 0.254 e. The number of hydrogen-bond donors (Lipinski definition) is 2. The minimum absolute atomic E-state index is 0.287. The van der Waals surface area contributed by atoms with Crippen LogP contribution in [0.1, 0.15) is 17.2 Å². The maximum absolute atomic E-state index is 11.6. The predicted octanol–water partition coefficient (Wildman–Crippen LogP) is 0.471. The van der Waals surface area contributed by atoms with Crippen molar-refractivity contribution in [3.05, 3.63) is 35.4 Å². The van der Waals surface area contributed by atoms with E-state index in [1.54, 1.807) is 6.19 Å². The van der Waals surface area contributed by atoms with Crippen LogP contribution in [0.2, 0.25) is 0 Å². The second-order valence-electron chi connectivity index (χ2n) is 3.44. The largest absolute Gasteiger partial charge is 0.302 e. The fourth-order valence-electron chi connectivity index (χ4n) is 1.87. The van der Waals surface area contributed by atoms with Crippen molar-refractivity contribution in [3.63, 3.8) is 0 Å². The van der Waals surface area contributed by atoms with Crippen LogP contribution >= 0.6 is 0 Å². The van der Waals surface area contributed by atoms with Crippen LogP contribution in [0, 0.1) is 11.5 Å². The standard InChI is InChI=1S/C11H11N3O/c12-7-14-11(15)10-9-4-2-1-3-8(9)5-6-13-10/h1-4,10,13H,5-6H2,(H,14,15). The molecular weight excluding hydrogens is 190 g/mol. The zero-order chi connectivity index (χ0) is 10.7. The average molecular weight is 201 g/mol. The summed E-state index contributed by atoms with van der Waals surface area (Å²) in [6.07, 6.45) is 2.58. The molecule has 2 rings (SSSR count). The van der Waals surface area contributed by atoms with Gasteiger partial charge in [-0.15, -0.1) is 0 Å². The highest BCUT2D eigenvalue weighted by molar-refractivity contribution is 5.85. The van der Waals surface area contributed by atoms with E-state index < -0.39 is 6.04 Å². The number of fused-ring (bicyclic) bond motifs is 1. The lowest BCUT2D eigenvalue weighted by Crippen LogP contribution is -2.39. The highest BCUT2D eigenvalue weighted by Gasteiger charge is 2.25. The van der Waals surface area contributed by atoms with E-state index in [0.29, 0.717) is 0 Å². The molecule has 0 fully saturated rings. The number of carbonyl (C=O) groups is 1. The molecule has 1 aromatic rings. The van der Waals surface area contributed by atoms with Crippen molar-refractivity contribution in [3.8, 4) is 6.19 Å². The smallest absolute Gasteiger partial charge is 0.254 e. The van der Waals surface area contributed by atoms with E-state index >= 15 is 0 Å². The topological polar surface area (TPSA) is 64.9 Å². The first-order valence-corrected chi connectivity index (χ1v) is 4.83. The first-order chi connectivity index (χ1) is 7.33. The molecule has 15 heavy (non-hydrogen) atoms. The summed E-state index contributed by atoms with van der Waals surface area (Å²) < 4.78 is 0. The van der Waals surface area contributed by atoms with E-state index in [-0.39, 0.29) is 5.91 Å². The number of hydrogen-bond acceptors (Lipinski definition) is 3. The fourth-order valence-corrected chi connectivity index (χ4v) is 1.87. The molecule has 0 bridgehead atoms. The van der Waals surface area contributed by atoms with Gasteiger partial charge in [0.05, 0.1) is 0 Å². The van der Waals surface area contributed by atoms with Crippen molar-refractivity contribution in [2.45, 2.75) is 12.5 Å². The van der Waals surface area contributed by atoms with Crippen LogP contribution in [0.3, 0.4) is 0 Å². The van der Waals surface area contributed by atoms with Crippen LogP contribution in [0.15, 0.2) is 24.3 Å². The number of nitrogens with one attached hydrogen (secondary N) is 2. The van der Waals surface area contributed by atoms with Crippen molar-refractivity contribution in [1.29, 1.82) is 5.26 Å². The van der Waals surface area contributed by atoms with E-state index in [9.17, 15) is 4.79 Å². The number of carbonyl (C=O) groups excluding carboxylic acids is 1. The van der Waals surface area contributed by atoms with Gasteiger partial charge in [-0.2, -0.15) is 5.26 Å². The molecule has 0 spiro atoms. The van der Waals surface area contributed by atoms with Gasteiger partial charge in [-0.05, 0) is 17.5 Å². The molecule has 2 N–H and O–H groups in total. The predicted molar refractivity (Wildman–Crippen MR) is 54.6 cm³/mol. The molecular formula is C11H11N3O. The Labute approximate surface area is 87.9 Å². The van der Waals surface area contributed by atoms with Gasteiger partial charge in [0.25, 0.3) is 5.91 Å². The van der Waals surface area contributed by atoms with Crippen molar-refractivity contribution in [2.24, 2.45) is 0 Å². The lowest BCUT2D eigenvalue weighted by molar-refractivity contribution is -0.122.